The van der Waals surface area contributed by atoms with Crippen molar-refractivity contribution in [3.05, 3.63) is 34.0 Å². The molecule has 2 heteroatoms. The molecule has 2 heterocycles. The molecule has 0 saturated carbocycles. The summed E-state index contributed by atoms with van der Waals surface area (Å²) in [4.78, 5) is 4.38. The lowest BCUT2D eigenvalue weighted by molar-refractivity contribution is 0.344. The van der Waals surface area contributed by atoms with Crippen LogP contribution in [0.4, 0.5) is 0 Å². The van der Waals surface area contributed by atoms with Gasteiger partial charge >= 0.3 is 0 Å². The van der Waals surface area contributed by atoms with E-state index >= 15 is 0 Å². The van der Waals surface area contributed by atoms with Crippen LogP contribution in [0, 0.1) is 0 Å². The summed E-state index contributed by atoms with van der Waals surface area (Å²) in [5.74, 6) is 0.878. The van der Waals surface area contributed by atoms with Crippen molar-refractivity contribution < 1.29 is 4.74 Å². The number of pyridine rings is 1. The molecule has 0 N–H and O–H groups in total. The third-order valence-electron chi connectivity index (χ3n) is 3.44. The minimum absolute atomic E-state index is 0.808. The van der Waals surface area contributed by atoms with Crippen LogP contribution in [0.2, 0.25) is 0 Å². The van der Waals surface area contributed by atoms with Crippen LogP contribution in [0.1, 0.15) is 30.5 Å². The van der Waals surface area contributed by atoms with Crippen LogP contribution < -0.4 is 4.74 Å². The Labute approximate surface area is 90.0 Å². The van der Waals surface area contributed by atoms with Gasteiger partial charge in [-0.2, -0.15) is 0 Å². The molecule has 3 rings (SSSR count). The van der Waals surface area contributed by atoms with Crippen molar-refractivity contribution in [2.45, 2.75) is 33.1 Å². The Hall–Kier alpha value is -1.31. The van der Waals surface area contributed by atoms with Gasteiger partial charge in [0, 0.05) is 18.2 Å². The summed E-state index contributed by atoms with van der Waals surface area (Å²) in [6, 6.07) is 0. The van der Waals surface area contributed by atoms with Gasteiger partial charge in [-0.1, -0.05) is 11.1 Å². The summed E-state index contributed by atoms with van der Waals surface area (Å²) in [6.07, 6.45) is 5.25. The highest BCUT2D eigenvalue weighted by Crippen LogP contribution is 2.36. The second-order valence-electron chi connectivity index (χ2n) is 4.60. The van der Waals surface area contributed by atoms with Crippen molar-refractivity contribution in [1.29, 1.82) is 0 Å². The molecular formula is C13H15NO. The zero-order valence-corrected chi connectivity index (χ0v) is 9.26. The molecule has 2 nitrogen and oxygen atoms in total. The Morgan fingerprint density at radius 3 is 2.93 bits per heavy atom. The van der Waals surface area contributed by atoms with Gasteiger partial charge in [0.25, 0.3) is 0 Å². The summed E-state index contributed by atoms with van der Waals surface area (Å²) in [5, 5.41) is 0. The quantitative estimate of drug-likeness (QED) is 0.601. The van der Waals surface area contributed by atoms with Crippen LogP contribution in [0.25, 0.3) is 0 Å². The van der Waals surface area contributed by atoms with Gasteiger partial charge in [-0.05, 0) is 37.8 Å². The van der Waals surface area contributed by atoms with Crippen LogP contribution in [0.3, 0.4) is 0 Å². The minimum Gasteiger partial charge on any atom is -0.477 e. The lowest BCUT2D eigenvalue weighted by Crippen LogP contribution is -1.91. The van der Waals surface area contributed by atoms with Crippen molar-refractivity contribution in [2.24, 2.45) is 0 Å². The number of allylic oxidation sites excluding steroid dienone is 2. The first-order chi connectivity index (χ1) is 7.25. The van der Waals surface area contributed by atoms with E-state index in [-0.39, 0.29) is 0 Å². The zero-order valence-electron chi connectivity index (χ0n) is 9.26. The predicted molar refractivity (Wildman–Crippen MR) is 59.2 cm³/mol. The molecule has 0 amide bonds. The average molecular weight is 201 g/mol. The van der Waals surface area contributed by atoms with Gasteiger partial charge < -0.3 is 4.74 Å². The number of aromatic nitrogens is 1. The maximum Gasteiger partial charge on any atom is 0.216 e. The van der Waals surface area contributed by atoms with Crippen molar-refractivity contribution in [2.75, 3.05) is 6.61 Å². The fourth-order valence-electron chi connectivity index (χ4n) is 2.48. The van der Waals surface area contributed by atoms with Gasteiger partial charge in [0.05, 0.1) is 6.61 Å². The monoisotopic (exact) mass is 201 g/mol. The standard InChI is InChI=1S/C13H15NO/c1-8(2)9-5-10-7-14-13-11(3-4-15-13)12(10)6-9/h7H,3-6H2,1-2H3. The Balaban J connectivity index is 2.11. The Kier molecular flexibility index (Phi) is 1.84. The lowest BCUT2D eigenvalue weighted by Gasteiger charge is -2.03. The molecule has 0 fully saturated rings. The Bertz CT molecular complexity index is 456. The van der Waals surface area contributed by atoms with E-state index in [0.717, 1.165) is 31.7 Å². The number of hydrogen-bond donors (Lipinski definition) is 0. The largest absolute Gasteiger partial charge is 0.477 e. The molecule has 15 heavy (non-hydrogen) atoms. The first-order valence-corrected chi connectivity index (χ1v) is 5.53. The molecule has 0 bridgehead atoms. The fraction of sp³-hybridized carbons (Fsp3) is 0.462. The van der Waals surface area contributed by atoms with Gasteiger partial charge in [-0.15, -0.1) is 0 Å². The number of hydrogen-bond acceptors (Lipinski definition) is 2. The van der Waals surface area contributed by atoms with Crippen LogP contribution in [0.15, 0.2) is 17.3 Å². The van der Waals surface area contributed by atoms with Gasteiger partial charge in [0.15, 0.2) is 0 Å². The minimum atomic E-state index is 0.808. The topological polar surface area (TPSA) is 22.1 Å². The normalized spacial score (nSPS) is 17.3. The summed E-state index contributed by atoms with van der Waals surface area (Å²) >= 11 is 0. The maximum absolute atomic E-state index is 5.49. The first-order valence-electron chi connectivity index (χ1n) is 5.53. The van der Waals surface area contributed by atoms with E-state index in [9.17, 15) is 0 Å². The van der Waals surface area contributed by atoms with Crippen LogP contribution in [-0.4, -0.2) is 11.6 Å². The lowest BCUT2D eigenvalue weighted by atomic mass is 10.0. The van der Waals surface area contributed by atoms with E-state index in [1.807, 2.05) is 6.20 Å². The highest BCUT2D eigenvalue weighted by atomic mass is 16.5. The van der Waals surface area contributed by atoms with Crippen LogP contribution in [-0.2, 0) is 19.3 Å². The van der Waals surface area contributed by atoms with E-state index in [1.54, 1.807) is 5.57 Å². The SMILES string of the molecule is CC(C)=C1Cc2cnc3c(c2C1)CCO3. The smallest absolute Gasteiger partial charge is 0.216 e. The number of rotatable bonds is 0. The first kappa shape index (κ1) is 8.96. The third-order valence-corrected chi connectivity index (χ3v) is 3.44. The zero-order chi connectivity index (χ0) is 10.4. The van der Waals surface area contributed by atoms with E-state index in [2.05, 4.69) is 18.8 Å². The summed E-state index contributed by atoms with van der Waals surface area (Å²) in [5.41, 5.74) is 7.29. The summed E-state index contributed by atoms with van der Waals surface area (Å²) in [6.45, 7) is 5.21. The molecule has 1 aliphatic heterocycles. The molecule has 1 aliphatic carbocycles. The van der Waals surface area contributed by atoms with Gasteiger partial charge in [-0.3, -0.25) is 0 Å². The maximum atomic E-state index is 5.49. The van der Waals surface area contributed by atoms with E-state index in [0.29, 0.717) is 0 Å². The molecule has 2 aliphatic rings. The fourth-order valence-corrected chi connectivity index (χ4v) is 2.48. The molecule has 0 unspecified atom stereocenters. The predicted octanol–water partition coefficient (Wildman–Crippen LogP) is 2.45. The highest BCUT2D eigenvalue weighted by Gasteiger charge is 2.25. The van der Waals surface area contributed by atoms with Crippen molar-refractivity contribution >= 4 is 0 Å². The van der Waals surface area contributed by atoms with E-state index in [1.165, 1.54) is 22.3 Å². The average Bonchev–Trinajstić information content (AvgIpc) is 2.82. The van der Waals surface area contributed by atoms with E-state index in [4.69, 9.17) is 4.74 Å². The Morgan fingerprint density at radius 1 is 1.27 bits per heavy atom. The summed E-state index contributed by atoms with van der Waals surface area (Å²) in [7, 11) is 0. The number of nitrogens with zero attached hydrogens (tertiary/aromatic N) is 1. The molecule has 78 valence electrons. The molecule has 0 aromatic carbocycles. The van der Waals surface area contributed by atoms with Gasteiger partial charge in [0.1, 0.15) is 0 Å². The molecule has 0 spiro atoms. The Morgan fingerprint density at radius 2 is 2.13 bits per heavy atom. The van der Waals surface area contributed by atoms with Crippen molar-refractivity contribution in [1.82, 2.24) is 4.98 Å². The molecule has 0 radical (unpaired) electrons. The number of fused-ring (bicyclic) bond motifs is 3. The molecule has 0 atom stereocenters. The van der Waals surface area contributed by atoms with Gasteiger partial charge in [0.2, 0.25) is 5.88 Å². The van der Waals surface area contributed by atoms with E-state index < -0.39 is 0 Å². The second-order valence-corrected chi connectivity index (χ2v) is 4.60. The molecule has 1 aromatic rings. The third kappa shape index (κ3) is 1.28. The molecule has 0 saturated heterocycles. The van der Waals surface area contributed by atoms with Gasteiger partial charge in [-0.25, -0.2) is 4.98 Å². The van der Waals surface area contributed by atoms with Crippen molar-refractivity contribution in [3.8, 4) is 5.88 Å². The van der Waals surface area contributed by atoms with Crippen molar-refractivity contribution in [3.63, 3.8) is 0 Å². The second kappa shape index (κ2) is 3.09. The number of ether oxygens (including phenoxy) is 1. The summed E-state index contributed by atoms with van der Waals surface area (Å²) < 4.78 is 5.49. The van der Waals surface area contributed by atoms with Crippen LogP contribution in [0.5, 0.6) is 5.88 Å². The highest BCUT2D eigenvalue weighted by molar-refractivity contribution is 5.50. The molecule has 1 aromatic heterocycles. The molecular weight excluding hydrogens is 186 g/mol. The van der Waals surface area contributed by atoms with Crippen LogP contribution >= 0.6 is 0 Å².